The molecule has 3 rings (SSSR count). The summed E-state index contributed by atoms with van der Waals surface area (Å²) < 4.78 is 1.87. The van der Waals surface area contributed by atoms with E-state index in [9.17, 15) is 19.7 Å². The number of nitro benzene ring substituents is 1. The van der Waals surface area contributed by atoms with E-state index in [1.165, 1.54) is 30.0 Å². The quantitative estimate of drug-likeness (QED) is 0.213. The summed E-state index contributed by atoms with van der Waals surface area (Å²) in [6.45, 7) is 8.11. The van der Waals surface area contributed by atoms with E-state index in [1.54, 1.807) is 31.2 Å². The summed E-state index contributed by atoms with van der Waals surface area (Å²) in [5.74, 6) is 0.0696. The first-order chi connectivity index (χ1) is 17.1. The molecule has 2 N–H and O–H groups in total. The summed E-state index contributed by atoms with van der Waals surface area (Å²) in [6, 6.07) is 10.7. The molecule has 0 aliphatic rings. The monoisotopic (exact) mass is 530 g/mol. The number of hydrogen-bond acceptors (Lipinski definition) is 7. The molecule has 0 unspecified atom stereocenters. The number of benzene rings is 2. The first-order valence-corrected chi connectivity index (χ1v) is 12.6. The number of aromatic nitrogens is 3. The third kappa shape index (κ3) is 6.41. The molecule has 10 nitrogen and oxygen atoms in total. The molecule has 1 atom stereocenters. The summed E-state index contributed by atoms with van der Waals surface area (Å²) in [4.78, 5) is 35.9. The molecule has 0 aliphatic heterocycles. The molecule has 0 radical (unpaired) electrons. The zero-order valence-corrected chi connectivity index (χ0v) is 21.9. The van der Waals surface area contributed by atoms with Gasteiger partial charge in [-0.1, -0.05) is 49.3 Å². The van der Waals surface area contributed by atoms with Crippen LogP contribution in [0.3, 0.4) is 0 Å². The predicted octanol–water partition coefficient (Wildman–Crippen LogP) is 5.03. The van der Waals surface area contributed by atoms with E-state index in [0.717, 1.165) is 0 Å². The van der Waals surface area contributed by atoms with Gasteiger partial charge in [0, 0.05) is 24.4 Å². The van der Waals surface area contributed by atoms with Crippen molar-refractivity contribution in [2.45, 2.75) is 45.4 Å². The molecule has 12 heteroatoms. The minimum Gasteiger partial charge on any atom is -0.342 e. The lowest BCUT2D eigenvalue weighted by Gasteiger charge is -2.22. The maximum Gasteiger partial charge on any atom is 0.269 e. The number of anilines is 1. The molecule has 190 valence electrons. The Balaban J connectivity index is 1.71. The fraction of sp³-hybridized carbons (Fsp3) is 0.333. The second kappa shape index (κ2) is 12.0. The van der Waals surface area contributed by atoms with Crippen LogP contribution >= 0.6 is 23.4 Å². The normalized spacial score (nSPS) is 11.8. The van der Waals surface area contributed by atoms with Crippen molar-refractivity contribution in [3.63, 3.8) is 0 Å². The molecule has 36 heavy (non-hydrogen) atoms. The van der Waals surface area contributed by atoms with Crippen molar-refractivity contribution in [2.75, 3.05) is 11.1 Å². The molecule has 0 saturated carbocycles. The predicted molar refractivity (Wildman–Crippen MR) is 139 cm³/mol. The highest BCUT2D eigenvalue weighted by molar-refractivity contribution is 7.99. The molecule has 0 spiro atoms. The SMILES string of the molecule is CCn1c(SCC(=O)Nc2ccc([N+](=O)[O-])cc2C)nnc1[C@@H](NC(=O)c1ccccc1Cl)C(C)C. The second-order valence-corrected chi connectivity index (χ2v) is 9.70. The number of amides is 2. The number of nitro groups is 1. The number of non-ortho nitro benzene ring substituents is 1. The molecule has 0 aliphatic carbocycles. The molecule has 3 aromatic rings. The summed E-state index contributed by atoms with van der Waals surface area (Å²) in [5.41, 5.74) is 1.44. The van der Waals surface area contributed by atoms with Crippen molar-refractivity contribution in [3.8, 4) is 0 Å². The Bertz CT molecular complexity index is 1280. The van der Waals surface area contributed by atoms with E-state index in [2.05, 4.69) is 20.8 Å². The van der Waals surface area contributed by atoms with Gasteiger partial charge in [-0.15, -0.1) is 10.2 Å². The van der Waals surface area contributed by atoms with Gasteiger partial charge in [-0.2, -0.15) is 0 Å². The van der Waals surface area contributed by atoms with E-state index in [0.29, 0.717) is 39.4 Å². The van der Waals surface area contributed by atoms with Crippen LogP contribution in [0, 0.1) is 23.0 Å². The van der Waals surface area contributed by atoms with Gasteiger partial charge in [0.15, 0.2) is 11.0 Å². The molecular weight excluding hydrogens is 504 g/mol. The number of rotatable bonds is 10. The van der Waals surface area contributed by atoms with Gasteiger partial charge in [-0.05, 0) is 43.5 Å². The van der Waals surface area contributed by atoms with E-state index in [1.807, 2.05) is 25.3 Å². The van der Waals surface area contributed by atoms with Gasteiger partial charge in [-0.3, -0.25) is 19.7 Å². The molecule has 0 bridgehead atoms. The molecular formula is C24H27ClN6O4S. The van der Waals surface area contributed by atoms with Crippen LogP contribution < -0.4 is 10.6 Å². The zero-order valence-electron chi connectivity index (χ0n) is 20.3. The third-order valence-corrected chi connectivity index (χ3v) is 6.74. The van der Waals surface area contributed by atoms with Gasteiger partial charge in [-0.25, -0.2) is 0 Å². The maximum atomic E-state index is 12.9. The number of nitrogens with one attached hydrogen (secondary N) is 2. The topological polar surface area (TPSA) is 132 Å². The number of hydrogen-bond donors (Lipinski definition) is 2. The number of aryl methyl sites for hydroxylation is 1. The lowest BCUT2D eigenvalue weighted by Crippen LogP contribution is -2.34. The number of halogens is 1. The zero-order chi connectivity index (χ0) is 26.4. The summed E-state index contributed by atoms with van der Waals surface area (Å²) in [6.07, 6.45) is 0. The van der Waals surface area contributed by atoms with Gasteiger partial charge in [0.1, 0.15) is 0 Å². The van der Waals surface area contributed by atoms with E-state index < -0.39 is 11.0 Å². The van der Waals surface area contributed by atoms with Crippen molar-refractivity contribution < 1.29 is 14.5 Å². The fourth-order valence-corrected chi connectivity index (χ4v) is 4.58. The fourth-order valence-electron chi connectivity index (χ4n) is 3.55. The number of nitrogens with zero attached hydrogens (tertiary/aromatic N) is 4. The largest absolute Gasteiger partial charge is 0.342 e. The van der Waals surface area contributed by atoms with Crippen LogP contribution in [0.5, 0.6) is 0 Å². The lowest BCUT2D eigenvalue weighted by molar-refractivity contribution is -0.384. The van der Waals surface area contributed by atoms with E-state index in [-0.39, 0.29) is 29.2 Å². The molecule has 0 saturated heterocycles. The first-order valence-electron chi connectivity index (χ1n) is 11.3. The Morgan fingerprint density at radius 2 is 1.92 bits per heavy atom. The number of carbonyl (C=O) groups is 2. The smallest absolute Gasteiger partial charge is 0.269 e. The Labute approximate surface area is 218 Å². The highest BCUT2D eigenvalue weighted by atomic mass is 35.5. The number of thioether (sulfide) groups is 1. The molecule has 1 aromatic heterocycles. The van der Waals surface area contributed by atoms with Crippen LogP contribution in [-0.2, 0) is 11.3 Å². The van der Waals surface area contributed by atoms with E-state index in [4.69, 9.17) is 11.6 Å². The van der Waals surface area contributed by atoms with Crippen molar-refractivity contribution in [3.05, 3.63) is 74.6 Å². The van der Waals surface area contributed by atoms with Crippen LogP contribution in [0.2, 0.25) is 5.02 Å². The minimum atomic E-state index is -0.481. The molecule has 1 heterocycles. The van der Waals surface area contributed by atoms with Crippen LogP contribution in [0.15, 0.2) is 47.6 Å². The standard InChI is InChI=1S/C24H27ClN6O4S/c1-5-30-22(21(14(2)3)27-23(33)17-8-6-7-9-18(17)25)28-29-24(30)36-13-20(32)26-19-11-10-16(31(34)35)12-15(19)4/h6-12,14,21H,5,13H2,1-4H3,(H,26,32)(H,27,33)/t21-/m0/s1. The van der Waals surface area contributed by atoms with Gasteiger partial charge >= 0.3 is 0 Å². The van der Waals surface area contributed by atoms with Crippen molar-refractivity contribution in [1.29, 1.82) is 0 Å². The molecule has 2 aromatic carbocycles. The van der Waals surface area contributed by atoms with Crippen molar-refractivity contribution >= 4 is 46.6 Å². The maximum absolute atomic E-state index is 12.9. The summed E-state index contributed by atoms with van der Waals surface area (Å²) >= 11 is 7.40. The highest BCUT2D eigenvalue weighted by Crippen LogP contribution is 2.27. The van der Waals surface area contributed by atoms with Crippen LogP contribution in [0.1, 0.15) is 48.6 Å². The van der Waals surface area contributed by atoms with Crippen molar-refractivity contribution in [1.82, 2.24) is 20.1 Å². The Morgan fingerprint density at radius 1 is 1.19 bits per heavy atom. The minimum absolute atomic E-state index is 0.0113. The molecule has 0 fully saturated rings. The Hall–Kier alpha value is -3.44. The summed E-state index contributed by atoms with van der Waals surface area (Å²) in [5, 5.41) is 26.2. The number of carbonyl (C=O) groups excluding carboxylic acids is 2. The first kappa shape index (κ1) is 27.2. The summed E-state index contributed by atoms with van der Waals surface area (Å²) in [7, 11) is 0. The van der Waals surface area contributed by atoms with Crippen LogP contribution in [0.25, 0.3) is 0 Å². The van der Waals surface area contributed by atoms with Gasteiger partial charge < -0.3 is 15.2 Å². The Morgan fingerprint density at radius 3 is 2.53 bits per heavy atom. The van der Waals surface area contributed by atoms with E-state index >= 15 is 0 Å². The average Bonchev–Trinajstić information content (AvgIpc) is 3.24. The molecule has 2 amide bonds. The van der Waals surface area contributed by atoms with Gasteiger partial charge in [0.2, 0.25) is 5.91 Å². The average molecular weight is 531 g/mol. The third-order valence-electron chi connectivity index (χ3n) is 5.44. The lowest BCUT2D eigenvalue weighted by atomic mass is 10.0. The van der Waals surface area contributed by atoms with Gasteiger partial charge in [0.05, 0.1) is 27.3 Å². The Kier molecular flexibility index (Phi) is 9.05. The highest BCUT2D eigenvalue weighted by Gasteiger charge is 2.27. The van der Waals surface area contributed by atoms with Crippen molar-refractivity contribution in [2.24, 2.45) is 5.92 Å². The van der Waals surface area contributed by atoms with Gasteiger partial charge in [0.25, 0.3) is 11.6 Å². The van der Waals surface area contributed by atoms with Crippen LogP contribution in [-0.4, -0.2) is 37.3 Å². The second-order valence-electron chi connectivity index (χ2n) is 8.35. The van der Waals surface area contributed by atoms with Crippen LogP contribution in [0.4, 0.5) is 11.4 Å².